The van der Waals surface area contributed by atoms with Crippen LogP contribution in [0, 0.1) is 12.3 Å². The highest BCUT2D eigenvalue weighted by atomic mass is 35.5. The number of unbranched alkanes of at least 4 members (excludes halogenated alkanes) is 3. The highest BCUT2D eigenvalue weighted by Gasteiger charge is 2.55. The number of terminal acetylenes is 1. The number of nitrogens with one attached hydrogen (secondary N) is 3. The van der Waals surface area contributed by atoms with Crippen molar-refractivity contribution >= 4 is 29.5 Å². The lowest BCUT2D eigenvalue weighted by Gasteiger charge is -2.46. The molecule has 0 aliphatic carbocycles. The van der Waals surface area contributed by atoms with Gasteiger partial charge in [0.1, 0.15) is 18.8 Å². The van der Waals surface area contributed by atoms with E-state index in [0.29, 0.717) is 30.0 Å². The lowest BCUT2D eigenvalue weighted by atomic mass is 9.88. The van der Waals surface area contributed by atoms with Crippen LogP contribution in [0.5, 0.6) is 0 Å². The van der Waals surface area contributed by atoms with Crippen LogP contribution in [0.2, 0.25) is 5.02 Å². The molecule has 0 aromatic heterocycles. The van der Waals surface area contributed by atoms with E-state index < -0.39 is 67.1 Å². The molecular weight excluding hydrogens is 602 g/mol. The molecule has 3 amide bonds. The summed E-state index contributed by atoms with van der Waals surface area (Å²) in [6.07, 6.45) is 0.234. The Bertz CT molecular complexity index is 1090. The second-order valence-electron chi connectivity index (χ2n) is 10.2. The topological polar surface area (TPSA) is 216 Å². The Labute approximate surface area is 261 Å². The summed E-state index contributed by atoms with van der Waals surface area (Å²) >= 11 is 5.86. The number of hydrogen-bond donors (Lipinski definition) is 8. The molecule has 15 heteroatoms. The number of aliphatic hydroxyl groups excluding tert-OH is 4. The van der Waals surface area contributed by atoms with Crippen molar-refractivity contribution < 1.29 is 54.1 Å². The number of amides is 3. The SMILES string of the molecule is C#CCOCCCCCCO[C@]1(C(=O)O)C[C@H](O)[C@@H](NC(=O)NCCO)[C@H]([C@H](O)[C@H](O)CNC(=O)Cc2ccc(Cl)cc2)O1. The van der Waals surface area contributed by atoms with Gasteiger partial charge in [-0.05, 0) is 30.5 Å². The van der Waals surface area contributed by atoms with Gasteiger partial charge in [-0.2, -0.15) is 0 Å². The van der Waals surface area contributed by atoms with Crippen molar-refractivity contribution in [2.24, 2.45) is 0 Å². The lowest BCUT2D eigenvalue weighted by molar-refractivity contribution is -0.310. The molecule has 8 N–H and O–H groups in total. The summed E-state index contributed by atoms with van der Waals surface area (Å²) in [7, 11) is 0. The molecule has 1 saturated heterocycles. The first-order valence-electron chi connectivity index (χ1n) is 14.3. The van der Waals surface area contributed by atoms with Gasteiger partial charge in [0.25, 0.3) is 5.79 Å². The van der Waals surface area contributed by atoms with E-state index in [1.165, 1.54) is 0 Å². The summed E-state index contributed by atoms with van der Waals surface area (Å²) in [5.41, 5.74) is 0.652. The molecule has 246 valence electrons. The van der Waals surface area contributed by atoms with Crippen molar-refractivity contribution in [3.8, 4) is 12.3 Å². The van der Waals surface area contributed by atoms with Gasteiger partial charge < -0.3 is 55.7 Å². The maximum Gasteiger partial charge on any atom is 0.364 e. The first kappa shape index (κ1) is 37.2. The van der Waals surface area contributed by atoms with E-state index in [1.54, 1.807) is 24.3 Å². The largest absolute Gasteiger partial charge is 0.477 e. The van der Waals surface area contributed by atoms with E-state index >= 15 is 0 Å². The Hall–Kier alpha value is -3.00. The average Bonchev–Trinajstić information content (AvgIpc) is 2.99. The van der Waals surface area contributed by atoms with Crippen LogP contribution >= 0.6 is 11.6 Å². The number of aliphatic carboxylic acids is 1. The number of benzene rings is 1. The Morgan fingerprint density at radius 3 is 2.43 bits per heavy atom. The fraction of sp³-hybridized carbons (Fsp3) is 0.621. The van der Waals surface area contributed by atoms with E-state index in [1.807, 2.05) is 0 Å². The minimum Gasteiger partial charge on any atom is -0.477 e. The molecule has 14 nitrogen and oxygen atoms in total. The first-order chi connectivity index (χ1) is 21.0. The van der Waals surface area contributed by atoms with E-state index in [4.69, 9.17) is 37.3 Å². The third-order valence-electron chi connectivity index (χ3n) is 6.81. The second kappa shape index (κ2) is 19.4. The molecule has 0 unspecified atom stereocenters. The highest BCUT2D eigenvalue weighted by Crippen LogP contribution is 2.34. The van der Waals surface area contributed by atoms with Crippen LogP contribution in [0.4, 0.5) is 4.79 Å². The Morgan fingerprint density at radius 2 is 1.80 bits per heavy atom. The summed E-state index contributed by atoms with van der Waals surface area (Å²) in [5, 5.41) is 59.5. The van der Waals surface area contributed by atoms with E-state index in [0.717, 1.165) is 12.8 Å². The number of ether oxygens (including phenoxy) is 3. The molecule has 0 bridgehead atoms. The van der Waals surface area contributed by atoms with Gasteiger partial charge in [-0.25, -0.2) is 9.59 Å². The summed E-state index contributed by atoms with van der Waals surface area (Å²) in [5.74, 6) is -2.09. The molecule has 0 radical (unpaired) electrons. The number of urea groups is 1. The predicted octanol–water partition coefficient (Wildman–Crippen LogP) is -0.462. The number of aliphatic hydroxyl groups is 4. The number of carboxylic acids is 1. The van der Waals surface area contributed by atoms with Crippen LogP contribution < -0.4 is 16.0 Å². The van der Waals surface area contributed by atoms with Crippen LogP contribution in [0.15, 0.2) is 24.3 Å². The zero-order valence-corrected chi connectivity index (χ0v) is 25.1. The van der Waals surface area contributed by atoms with Gasteiger partial charge in [-0.3, -0.25) is 4.79 Å². The molecular formula is C29H42ClN3O11. The molecule has 6 atom stereocenters. The molecule has 1 aliphatic heterocycles. The summed E-state index contributed by atoms with van der Waals surface area (Å²) in [6.45, 7) is -0.303. The van der Waals surface area contributed by atoms with Gasteiger partial charge in [-0.1, -0.05) is 42.5 Å². The first-order valence-corrected chi connectivity index (χ1v) is 14.7. The number of rotatable bonds is 19. The van der Waals surface area contributed by atoms with Gasteiger partial charge in [0.2, 0.25) is 5.91 Å². The second-order valence-corrected chi connectivity index (χ2v) is 10.7. The van der Waals surface area contributed by atoms with Crippen molar-refractivity contribution in [3.05, 3.63) is 34.9 Å². The molecule has 1 aromatic rings. The molecule has 44 heavy (non-hydrogen) atoms. The summed E-state index contributed by atoms with van der Waals surface area (Å²) in [6, 6.07) is 4.30. The van der Waals surface area contributed by atoms with Crippen LogP contribution in [0.3, 0.4) is 0 Å². The molecule has 1 aliphatic rings. The third kappa shape index (κ3) is 12.2. The molecule has 0 spiro atoms. The number of halogens is 1. The van der Waals surface area contributed by atoms with Crippen molar-refractivity contribution in [3.63, 3.8) is 0 Å². The van der Waals surface area contributed by atoms with E-state index in [-0.39, 0.29) is 32.8 Å². The zero-order chi connectivity index (χ0) is 32.5. The lowest BCUT2D eigenvalue weighted by Crippen LogP contribution is -2.69. The Morgan fingerprint density at radius 1 is 1.11 bits per heavy atom. The van der Waals surface area contributed by atoms with Crippen LogP contribution in [-0.4, -0.2) is 119 Å². The van der Waals surface area contributed by atoms with Gasteiger partial charge in [0.15, 0.2) is 0 Å². The number of hydrogen-bond acceptors (Lipinski definition) is 10. The van der Waals surface area contributed by atoms with Gasteiger partial charge in [-0.15, -0.1) is 6.42 Å². The number of carboxylic acid groups (broad SMARTS) is 1. The van der Waals surface area contributed by atoms with Crippen LogP contribution in [0.1, 0.15) is 37.7 Å². The molecule has 1 fully saturated rings. The molecule has 1 heterocycles. The standard InChI is InChI=1S/C29H42ClN3O11/c1-2-13-42-14-5-3-4-6-15-43-29(27(39)40)17-21(35)24(33-28(41)31-11-12-34)26(44-29)25(38)22(36)18-32-23(37)16-19-7-9-20(30)10-8-19/h1,7-10,21-22,24-26,34-36,38H,3-6,11-18H2,(H,32,37)(H,39,40)(H2,31,33,41)/t21-,22+,24+,25+,26+,29+/m0/s1. The molecule has 2 rings (SSSR count). The van der Waals surface area contributed by atoms with Gasteiger partial charge in [0, 0.05) is 31.1 Å². The number of carbonyl (C=O) groups excluding carboxylic acids is 2. The number of carbonyl (C=O) groups is 3. The van der Waals surface area contributed by atoms with E-state index in [9.17, 15) is 34.8 Å². The summed E-state index contributed by atoms with van der Waals surface area (Å²) in [4.78, 5) is 37.1. The molecule has 0 saturated carbocycles. The van der Waals surface area contributed by atoms with Crippen LogP contribution in [-0.2, 0) is 30.2 Å². The van der Waals surface area contributed by atoms with Crippen molar-refractivity contribution in [1.82, 2.24) is 16.0 Å². The van der Waals surface area contributed by atoms with Crippen LogP contribution in [0.25, 0.3) is 0 Å². The smallest absolute Gasteiger partial charge is 0.364 e. The normalized spacial score (nSPS) is 22.8. The predicted molar refractivity (Wildman–Crippen MR) is 158 cm³/mol. The zero-order valence-electron chi connectivity index (χ0n) is 24.3. The molecule has 1 aromatic carbocycles. The van der Waals surface area contributed by atoms with Gasteiger partial charge >= 0.3 is 12.0 Å². The van der Waals surface area contributed by atoms with E-state index in [2.05, 4.69) is 21.9 Å². The monoisotopic (exact) mass is 643 g/mol. The Balaban J connectivity index is 2.09. The van der Waals surface area contributed by atoms with Crippen molar-refractivity contribution in [2.75, 3.05) is 39.5 Å². The quantitative estimate of drug-likeness (QED) is 0.0713. The Kier molecular flexibility index (Phi) is 16.4. The third-order valence-corrected chi connectivity index (χ3v) is 7.07. The van der Waals surface area contributed by atoms with Crippen molar-refractivity contribution in [2.45, 2.75) is 74.8 Å². The summed E-state index contributed by atoms with van der Waals surface area (Å²) < 4.78 is 16.6. The van der Waals surface area contributed by atoms with Crippen molar-refractivity contribution in [1.29, 1.82) is 0 Å². The fourth-order valence-electron chi connectivity index (χ4n) is 4.52. The minimum absolute atomic E-state index is 0.0399. The average molecular weight is 644 g/mol. The maximum atomic E-state index is 12.4. The highest BCUT2D eigenvalue weighted by molar-refractivity contribution is 6.30. The fourth-order valence-corrected chi connectivity index (χ4v) is 4.65. The maximum absolute atomic E-state index is 12.4. The van der Waals surface area contributed by atoms with Gasteiger partial charge in [0.05, 0.1) is 37.9 Å². The minimum atomic E-state index is -2.40.